The first-order chi connectivity index (χ1) is 10.6. The van der Waals surface area contributed by atoms with Crippen LogP contribution in [0.25, 0.3) is 0 Å². The molecule has 4 rings (SSSR count). The molecule has 22 heavy (non-hydrogen) atoms. The van der Waals surface area contributed by atoms with Gasteiger partial charge in [0.05, 0.1) is 5.60 Å². The number of hydrogen-bond donors (Lipinski definition) is 1. The number of ether oxygens (including phenoxy) is 2. The van der Waals surface area contributed by atoms with E-state index in [9.17, 15) is 5.11 Å². The van der Waals surface area contributed by atoms with Gasteiger partial charge in [0, 0.05) is 0 Å². The highest BCUT2D eigenvalue weighted by molar-refractivity contribution is 5.42. The molecule has 0 aliphatic carbocycles. The van der Waals surface area contributed by atoms with Crippen LogP contribution in [0.2, 0.25) is 0 Å². The van der Waals surface area contributed by atoms with Gasteiger partial charge in [0.25, 0.3) is 0 Å². The van der Waals surface area contributed by atoms with Crippen LogP contribution in [0.15, 0.2) is 60.7 Å². The van der Waals surface area contributed by atoms with Gasteiger partial charge in [-0.25, -0.2) is 0 Å². The predicted octanol–water partition coefficient (Wildman–Crippen LogP) is 2.87. The summed E-state index contributed by atoms with van der Waals surface area (Å²) in [6.07, 6.45) is -1.07. The van der Waals surface area contributed by atoms with Crippen molar-refractivity contribution in [3.05, 3.63) is 71.8 Å². The van der Waals surface area contributed by atoms with Gasteiger partial charge in [0.15, 0.2) is 0 Å². The smallest absolute Gasteiger partial charge is 0.147 e. The van der Waals surface area contributed by atoms with Crippen molar-refractivity contribution in [3.8, 4) is 0 Å². The Hall–Kier alpha value is -1.68. The molecule has 2 aliphatic heterocycles. The van der Waals surface area contributed by atoms with Crippen molar-refractivity contribution in [1.29, 1.82) is 0 Å². The number of hydrogen-bond acceptors (Lipinski definition) is 3. The average Bonchev–Trinajstić information content (AvgIpc) is 2.71. The van der Waals surface area contributed by atoms with Gasteiger partial charge < -0.3 is 14.6 Å². The van der Waals surface area contributed by atoms with Gasteiger partial charge in [-0.15, -0.1) is 0 Å². The topological polar surface area (TPSA) is 38.7 Å². The second-order valence-corrected chi connectivity index (χ2v) is 6.64. The maximum absolute atomic E-state index is 10.4. The van der Waals surface area contributed by atoms with Crippen molar-refractivity contribution in [2.24, 2.45) is 0 Å². The molecule has 114 valence electrons. The Labute approximate surface area is 130 Å². The van der Waals surface area contributed by atoms with Crippen molar-refractivity contribution < 1.29 is 14.6 Å². The normalized spacial score (nSPS) is 31.3. The second kappa shape index (κ2) is 4.66. The van der Waals surface area contributed by atoms with E-state index in [0.717, 1.165) is 11.1 Å². The van der Waals surface area contributed by atoms with Gasteiger partial charge in [0.1, 0.15) is 23.9 Å². The highest BCUT2D eigenvalue weighted by Crippen LogP contribution is 2.55. The Morgan fingerprint density at radius 3 is 1.77 bits per heavy atom. The lowest BCUT2D eigenvalue weighted by Crippen LogP contribution is -2.63. The lowest BCUT2D eigenvalue weighted by atomic mass is 9.74. The third-order valence-corrected chi connectivity index (χ3v) is 4.88. The van der Waals surface area contributed by atoms with Crippen LogP contribution in [0.1, 0.15) is 25.0 Å². The second-order valence-electron chi connectivity index (χ2n) is 6.64. The first kappa shape index (κ1) is 13.9. The minimum absolute atomic E-state index is 0.178. The summed E-state index contributed by atoms with van der Waals surface area (Å²) in [5.41, 5.74) is 0.891. The van der Waals surface area contributed by atoms with Crippen molar-refractivity contribution >= 4 is 0 Å². The molecule has 0 saturated carbocycles. The lowest BCUT2D eigenvalue weighted by Gasteiger charge is -2.52. The first-order valence-electron chi connectivity index (χ1n) is 7.70. The van der Waals surface area contributed by atoms with E-state index in [0.29, 0.717) is 0 Å². The van der Waals surface area contributed by atoms with E-state index in [2.05, 4.69) is 24.3 Å². The molecule has 2 saturated heterocycles. The van der Waals surface area contributed by atoms with E-state index in [4.69, 9.17) is 9.47 Å². The fourth-order valence-corrected chi connectivity index (χ4v) is 3.68. The third kappa shape index (κ3) is 1.73. The Bertz CT molecular complexity index is 626. The summed E-state index contributed by atoms with van der Waals surface area (Å²) in [6, 6.07) is 20.3. The number of aliphatic hydroxyl groups is 1. The maximum Gasteiger partial charge on any atom is 0.147 e. The number of fused-ring (bicyclic) bond motifs is 1. The van der Waals surface area contributed by atoms with Gasteiger partial charge in [-0.05, 0) is 25.0 Å². The molecule has 1 N–H and O–H groups in total. The van der Waals surface area contributed by atoms with E-state index in [1.165, 1.54) is 0 Å². The number of aliphatic hydroxyl groups excluding tert-OH is 1. The van der Waals surface area contributed by atoms with E-state index in [1.807, 2.05) is 50.2 Å². The minimum Gasteiger partial charge on any atom is -0.387 e. The Morgan fingerprint density at radius 2 is 1.32 bits per heavy atom. The molecule has 0 aromatic heterocycles. The summed E-state index contributed by atoms with van der Waals surface area (Å²) in [4.78, 5) is 0. The number of rotatable bonds is 2. The summed E-state index contributed by atoms with van der Waals surface area (Å²) >= 11 is 0. The molecular weight excluding hydrogens is 276 g/mol. The molecule has 0 radical (unpaired) electrons. The van der Waals surface area contributed by atoms with Gasteiger partial charge >= 0.3 is 0 Å². The van der Waals surface area contributed by atoms with Crippen molar-refractivity contribution in [2.45, 2.75) is 43.4 Å². The predicted molar refractivity (Wildman–Crippen MR) is 83.5 cm³/mol. The molecular formula is C19H20O3. The molecule has 2 fully saturated rings. The molecule has 3 atom stereocenters. The Balaban J connectivity index is 1.84. The summed E-state index contributed by atoms with van der Waals surface area (Å²) in [7, 11) is 0. The summed E-state index contributed by atoms with van der Waals surface area (Å²) < 4.78 is 12.5. The number of benzene rings is 2. The van der Waals surface area contributed by atoms with Gasteiger partial charge in [0.2, 0.25) is 0 Å². The maximum atomic E-state index is 10.4. The average molecular weight is 296 g/mol. The van der Waals surface area contributed by atoms with Crippen LogP contribution >= 0.6 is 0 Å². The van der Waals surface area contributed by atoms with Crippen LogP contribution in [0.5, 0.6) is 0 Å². The highest BCUT2D eigenvalue weighted by atomic mass is 16.7. The van der Waals surface area contributed by atoms with Crippen molar-refractivity contribution in [1.82, 2.24) is 0 Å². The van der Waals surface area contributed by atoms with Gasteiger partial charge in [-0.2, -0.15) is 0 Å². The molecule has 0 spiro atoms. The molecule has 3 nitrogen and oxygen atoms in total. The molecule has 2 heterocycles. The van der Waals surface area contributed by atoms with Crippen molar-refractivity contribution in [2.75, 3.05) is 0 Å². The van der Waals surface area contributed by atoms with E-state index in [1.54, 1.807) is 0 Å². The van der Waals surface area contributed by atoms with Crippen LogP contribution in [-0.2, 0) is 15.1 Å². The van der Waals surface area contributed by atoms with Crippen LogP contribution in [0.3, 0.4) is 0 Å². The standard InChI is InChI=1S/C19H20O3/c1-18(2)16(20)15-17(22-18)19(21-15,13-9-5-3-6-10-13)14-11-7-4-8-12-14/h3-12,15-17,20H,1-2H3/t15-,16-,17+/m1/s1. The van der Waals surface area contributed by atoms with E-state index >= 15 is 0 Å². The fraction of sp³-hybridized carbons (Fsp3) is 0.368. The lowest BCUT2D eigenvalue weighted by molar-refractivity contribution is -0.270. The summed E-state index contributed by atoms with van der Waals surface area (Å²) in [5.74, 6) is 0. The molecule has 0 amide bonds. The summed E-state index contributed by atoms with van der Waals surface area (Å²) in [5, 5.41) is 10.4. The molecule has 2 aliphatic rings. The van der Waals surface area contributed by atoms with Crippen LogP contribution < -0.4 is 0 Å². The van der Waals surface area contributed by atoms with E-state index in [-0.39, 0.29) is 12.2 Å². The van der Waals surface area contributed by atoms with E-state index < -0.39 is 17.3 Å². The van der Waals surface area contributed by atoms with Crippen LogP contribution in [-0.4, -0.2) is 29.0 Å². The molecule has 2 aromatic rings. The zero-order valence-corrected chi connectivity index (χ0v) is 12.8. The van der Waals surface area contributed by atoms with Gasteiger partial charge in [-0.3, -0.25) is 0 Å². The van der Waals surface area contributed by atoms with Crippen molar-refractivity contribution in [3.63, 3.8) is 0 Å². The molecule has 2 aromatic carbocycles. The minimum atomic E-state index is -0.637. The SMILES string of the molecule is CC1(C)O[C@H]2[C@H](OC2(c2ccccc2)c2ccccc2)[C@H]1O. The first-order valence-corrected chi connectivity index (χ1v) is 7.70. The molecule has 3 heteroatoms. The molecule has 0 unspecified atom stereocenters. The zero-order chi connectivity index (χ0) is 15.4. The van der Waals surface area contributed by atoms with Crippen LogP contribution in [0.4, 0.5) is 0 Å². The fourth-order valence-electron chi connectivity index (χ4n) is 3.68. The highest BCUT2D eigenvalue weighted by Gasteiger charge is 2.68. The zero-order valence-electron chi connectivity index (χ0n) is 12.8. The molecule has 0 bridgehead atoms. The van der Waals surface area contributed by atoms with Crippen LogP contribution in [0, 0.1) is 0 Å². The monoisotopic (exact) mass is 296 g/mol. The Kier molecular flexibility index (Phi) is 2.95. The Morgan fingerprint density at radius 1 is 0.818 bits per heavy atom. The largest absolute Gasteiger partial charge is 0.387 e. The van der Waals surface area contributed by atoms with Gasteiger partial charge in [-0.1, -0.05) is 60.7 Å². The summed E-state index contributed by atoms with van der Waals surface area (Å²) in [6.45, 7) is 3.83. The quantitative estimate of drug-likeness (QED) is 0.926. The third-order valence-electron chi connectivity index (χ3n) is 4.88.